The van der Waals surface area contributed by atoms with E-state index < -0.39 is 0 Å². The van der Waals surface area contributed by atoms with Crippen molar-refractivity contribution in [1.29, 1.82) is 0 Å². The van der Waals surface area contributed by atoms with Crippen LogP contribution in [0.25, 0.3) is 5.65 Å². The minimum absolute atomic E-state index is 0.0952. The zero-order valence-corrected chi connectivity index (χ0v) is 21.8. The van der Waals surface area contributed by atoms with Crippen LogP contribution in [0.15, 0.2) is 64.8 Å². The number of hydrogen-bond donors (Lipinski definition) is 2. The first-order chi connectivity index (χ1) is 17.4. The first-order valence-corrected chi connectivity index (χ1v) is 13.4. The van der Waals surface area contributed by atoms with Gasteiger partial charge in [0.15, 0.2) is 10.8 Å². The number of imidazole rings is 1. The Hall–Kier alpha value is -2.72. The molecule has 2 fully saturated rings. The topological polar surface area (TPSA) is 102 Å². The van der Waals surface area contributed by atoms with Gasteiger partial charge < -0.3 is 21.3 Å². The van der Waals surface area contributed by atoms with Crippen molar-refractivity contribution < 1.29 is 0 Å². The third-order valence-electron chi connectivity index (χ3n) is 7.41. The Morgan fingerprint density at radius 1 is 1.00 bits per heavy atom. The van der Waals surface area contributed by atoms with Gasteiger partial charge in [0.2, 0.25) is 5.95 Å². The molecule has 2 aliphatic heterocycles. The minimum Gasteiger partial charge on any atom is -0.382 e. The number of hydrogen-bond acceptors (Lipinski definition) is 8. The molecule has 8 nitrogen and oxygen atoms in total. The number of halogens is 2. The van der Waals surface area contributed by atoms with Crippen molar-refractivity contribution in [3.05, 3.63) is 65.2 Å². The average molecular weight is 542 g/mol. The number of aromatic nitrogens is 4. The van der Waals surface area contributed by atoms with Crippen LogP contribution in [-0.4, -0.2) is 51.6 Å². The molecule has 2 saturated heterocycles. The average Bonchev–Trinajstić information content (AvgIpc) is 3.50. The highest BCUT2D eigenvalue weighted by atomic mass is 35.5. The van der Waals surface area contributed by atoms with E-state index in [1.54, 1.807) is 18.5 Å². The van der Waals surface area contributed by atoms with E-state index >= 15 is 0 Å². The van der Waals surface area contributed by atoms with Gasteiger partial charge >= 0.3 is 0 Å². The van der Waals surface area contributed by atoms with Gasteiger partial charge in [-0.05, 0) is 31.0 Å². The van der Waals surface area contributed by atoms with Gasteiger partial charge in [-0.1, -0.05) is 53.2 Å². The Bertz CT molecular complexity index is 1400. The number of nitrogens with two attached hydrogens (primary N) is 2. The fraction of sp³-hybridized carbons (Fsp3) is 0.320. The van der Waals surface area contributed by atoms with E-state index in [-0.39, 0.29) is 17.3 Å². The number of fused-ring (bicyclic) bond motifs is 1. The second-order valence-corrected chi connectivity index (χ2v) is 11.2. The number of benzene rings is 1. The molecule has 0 bridgehead atoms. The molecule has 5 heterocycles. The van der Waals surface area contributed by atoms with Gasteiger partial charge in [0, 0.05) is 66.8 Å². The van der Waals surface area contributed by atoms with Crippen LogP contribution in [0.5, 0.6) is 0 Å². The van der Waals surface area contributed by atoms with Crippen LogP contribution in [0.4, 0.5) is 17.5 Å². The molecule has 1 aromatic carbocycles. The summed E-state index contributed by atoms with van der Waals surface area (Å²) < 4.78 is 2.00. The highest BCUT2D eigenvalue weighted by molar-refractivity contribution is 7.99. The van der Waals surface area contributed by atoms with Crippen molar-refractivity contribution in [3.8, 4) is 0 Å². The van der Waals surface area contributed by atoms with Crippen LogP contribution in [0.3, 0.4) is 0 Å². The largest absolute Gasteiger partial charge is 0.382 e. The minimum atomic E-state index is 0.0952. The summed E-state index contributed by atoms with van der Waals surface area (Å²) in [6.45, 7) is 3.57. The van der Waals surface area contributed by atoms with Gasteiger partial charge in [0.05, 0.1) is 9.92 Å². The lowest BCUT2D eigenvalue weighted by Crippen LogP contribution is -2.49. The quantitative estimate of drug-likeness (QED) is 0.362. The van der Waals surface area contributed by atoms with E-state index in [2.05, 4.69) is 44.0 Å². The monoisotopic (exact) mass is 540 g/mol. The zero-order valence-electron chi connectivity index (χ0n) is 19.5. The second kappa shape index (κ2) is 9.30. The SMILES string of the molecule is Nc1nccc(Sc2c(Cl)nc(N3CCC4(CC3)CN(c3ccccc3)C[C@H]4N)n3ccnc23)c1Cl. The molecular weight excluding hydrogens is 515 g/mol. The molecule has 4 aromatic rings. The van der Waals surface area contributed by atoms with Crippen LogP contribution in [0, 0.1) is 5.41 Å². The summed E-state index contributed by atoms with van der Waals surface area (Å²) in [5.41, 5.74) is 14.7. The lowest BCUT2D eigenvalue weighted by Gasteiger charge is -2.42. The highest BCUT2D eigenvalue weighted by Gasteiger charge is 2.47. The highest BCUT2D eigenvalue weighted by Crippen LogP contribution is 2.44. The maximum absolute atomic E-state index is 6.73. The van der Waals surface area contributed by atoms with Gasteiger partial charge in [-0.3, -0.25) is 4.40 Å². The molecule has 1 spiro atoms. The molecule has 3 aromatic heterocycles. The van der Waals surface area contributed by atoms with Crippen molar-refractivity contribution in [2.75, 3.05) is 41.7 Å². The van der Waals surface area contributed by atoms with Crippen LogP contribution < -0.4 is 21.3 Å². The molecule has 0 saturated carbocycles. The molecule has 186 valence electrons. The van der Waals surface area contributed by atoms with E-state index in [9.17, 15) is 0 Å². The fourth-order valence-electron chi connectivity index (χ4n) is 5.37. The molecule has 0 amide bonds. The van der Waals surface area contributed by atoms with Crippen LogP contribution in [-0.2, 0) is 0 Å². The van der Waals surface area contributed by atoms with Crippen molar-refractivity contribution in [2.45, 2.75) is 28.7 Å². The summed E-state index contributed by atoms with van der Waals surface area (Å²) in [5.74, 6) is 1.07. The first-order valence-electron chi connectivity index (χ1n) is 11.9. The maximum atomic E-state index is 6.73. The Balaban J connectivity index is 1.24. The molecule has 36 heavy (non-hydrogen) atoms. The summed E-state index contributed by atoms with van der Waals surface area (Å²) in [5, 5.41) is 0.777. The van der Waals surface area contributed by atoms with E-state index in [1.807, 2.05) is 16.7 Å². The zero-order chi connectivity index (χ0) is 24.9. The normalized spacial score (nSPS) is 19.5. The van der Waals surface area contributed by atoms with Crippen molar-refractivity contribution in [2.24, 2.45) is 11.1 Å². The number of piperidine rings is 1. The van der Waals surface area contributed by atoms with Crippen molar-refractivity contribution >= 4 is 58.1 Å². The van der Waals surface area contributed by atoms with E-state index in [0.717, 1.165) is 60.4 Å². The number of rotatable bonds is 4. The number of nitrogen functional groups attached to an aromatic ring is 1. The molecular formula is C25H26Cl2N8S. The molecule has 2 aliphatic rings. The van der Waals surface area contributed by atoms with Crippen LogP contribution >= 0.6 is 35.0 Å². The van der Waals surface area contributed by atoms with Gasteiger partial charge in [-0.2, -0.15) is 0 Å². The second-order valence-electron chi connectivity index (χ2n) is 9.43. The third kappa shape index (κ3) is 4.04. The summed E-state index contributed by atoms with van der Waals surface area (Å²) in [4.78, 5) is 19.6. The van der Waals surface area contributed by atoms with E-state index in [4.69, 9.17) is 39.7 Å². The number of nitrogens with zero attached hydrogens (tertiary/aromatic N) is 6. The van der Waals surface area contributed by atoms with Crippen molar-refractivity contribution in [1.82, 2.24) is 19.4 Å². The lowest BCUT2D eigenvalue weighted by molar-refractivity contribution is 0.219. The molecule has 0 aliphatic carbocycles. The van der Waals surface area contributed by atoms with Gasteiger partial charge in [-0.15, -0.1) is 0 Å². The molecule has 6 rings (SSSR count). The Labute approximate surface area is 223 Å². The predicted molar refractivity (Wildman–Crippen MR) is 146 cm³/mol. The van der Waals surface area contributed by atoms with Gasteiger partial charge in [-0.25, -0.2) is 15.0 Å². The summed E-state index contributed by atoms with van der Waals surface area (Å²) in [6.07, 6.45) is 7.30. The molecule has 11 heteroatoms. The first kappa shape index (κ1) is 23.7. The molecule has 0 unspecified atom stereocenters. The standard InChI is InChI=1S/C25H26Cl2N8S/c26-19-17(6-9-30-22(19)29)36-20-21(27)32-24(35-13-10-31-23(20)35)33-11-7-25(8-12-33)15-34(14-18(25)28)16-4-2-1-3-5-16/h1-6,9-10,13,18H,7-8,11-12,14-15,28H2,(H2,29,30)/t18-/m1/s1. The van der Waals surface area contributed by atoms with E-state index in [0.29, 0.717) is 10.2 Å². The summed E-state index contributed by atoms with van der Waals surface area (Å²) >= 11 is 14.5. The number of anilines is 3. The van der Waals surface area contributed by atoms with Crippen LogP contribution in [0.1, 0.15) is 12.8 Å². The Morgan fingerprint density at radius 2 is 1.78 bits per heavy atom. The molecule has 0 radical (unpaired) electrons. The molecule has 1 atom stereocenters. The smallest absolute Gasteiger partial charge is 0.212 e. The number of pyridine rings is 1. The maximum Gasteiger partial charge on any atom is 0.212 e. The Kier molecular flexibility index (Phi) is 6.11. The van der Waals surface area contributed by atoms with Crippen LogP contribution in [0.2, 0.25) is 10.2 Å². The summed E-state index contributed by atoms with van der Waals surface area (Å²) in [7, 11) is 0. The van der Waals surface area contributed by atoms with Gasteiger partial charge in [0.25, 0.3) is 0 Å². The Morgan fingerprint density at radius 3 is 2.56 bits per heavy atom. The fourth-order valence-corrected chi connectivity index (χ4v) is 6.79. The third-order valence-corrected chi connectivity index (χ3v) is 9.45. The number of para-hydroxylation sites is 1. The lowest BCUT2D eigenvalue weighted by atomic mass is 9.75. The van der Waals surface area contributed by atoms with Crippen molar-refractivity contribution in [3.63, 3.8) is 0 Å². The predicted octanol–water partition coefficient (Wildman–Crippen LogP) is 4.60. The van der Waals surface area contributed by atoms with Gasteiger partial charge in [0.1, 0.15) is 5.82 Å². The molecule has 4 N–H and O–H groups in total. The van der Waals surface area contributed by atoms with E-state index in [1.165, 1.54) is 17.4 Å². The summed E-state index contributed by atoms with van der Waals surface area (Å²) in [6, 6.07) is 12.5.